The zero-order chi connectivity index (χ0) is 11.1. The van der Waals surface area contributed by atoms with Crippen LogP contribution >= 0.6 is 0 Å². The lowest BCUT2D eigenvalue weighted by atomic mass is 10.1. The second-order valence-corrected chi connectivity index (χ2v) is 4.34. The van der Waals surface area contributed by atoms with Gasteiger partial charge in [-0.1, -0.05) is 6.92 Å². The third-order valence-electron chi connectivity index (χ3n) is 2.58. The number of hydrogen-bond donors (Lipinski definition) is 1. The Morgan fingerprint density at radius 3 is 2.87 bits per heavy atom. The highest BCUT2D eigenvalue weighted by Crippen LogP contribution is 2.16. The molecule has 1 unspecified atom stereocenters. The standard InChI is InChI=1S/C12H24N2O/c1-4-8-13-11(7-9-14(2)3)12-6-5-10-15-12/h6,11,13H,4-5,7-10H2,1-3H3. The summed E-state index contributed by atoms with van der Waals surface area (Å²) in [6.45, 7) is 5.22. The Balaban J connectivity index is 2.37. The van der Waals surface area contributed by atoms with Crippen LogP contribution in [0, 0.1) is 0 Å². The lowest BCUT2D eigenvalue weighted by molar-refractivity contribution is 0.206. The Morgan fingerprint density at radius 1 is 1.53 bits per heavy atom. The van der Waals surface area contributed by atoms with Crippen LogP contribution in [0.5, 0.6) is 0 Å². The SMILES string of the molecule is CCCNC(CCN(C)C)C1=CCCO1. The number of rotatable bonds is 7. The van der Waals surface area contributed by atoms with Crippen molar-refractivity contribution in [3.8, 4) is 0 Å². The summed E-state index contributed by atoms with van der Waals surface area (Å²) in [6, 6.07) is 0.412. The van der Waals surface area contributed by atoms with Gasteiger partial charge in [-0.3, -0.25) is 0 Å². The van der Waals surface area contributed by atoms with Gasteiger partial charge in [0.15, 0.2) is 0 Å². The van der Waals surface area contributed by atoms with E-state index in [-0.39, 0.29) is 0 Å². The highest BCUT2D eigenvalue weighted by Gasteiger charge is 2.17. The summed E-state index contributed by atoms with van der Waals surface area (Å²) in [6.07, 6.45) is 5.59. The normalized spacial score (nSPS) is 17.7. The molecule has 0 aromatic heterocycles. The summed E-state index contributed by atoms with van der Waals surface area (Å²) in [7, 11) is 4.22. The van der Waals surface area contributed by atoms with Crippen molar-refractivity contribution in [2.24, 2.45) is 0 Å². The van der Waals surface area contributed by atoms with Crippen LogP contribution in [0.3, 0.4) is 0 Å². The third-order valence-corrected chi connectivity index (χ3v) is 2.58. The van der Waals surface area contributed by atoms with Gasteiger partial charge in [-0.25, -0.2) is 0 Å². The fraction of sp³-hybridized carbons (Fsp3) is 0.833. The minimum Gasteiger partial charge on any atom is -0.496 e. The van der Waals surface area contributed by atoms with Crippen molar-refractivity contribution in [3.05, 3.63) is 11.8 Å². The van der Waals surface area contributed by atoms with Crippen LogP contribution in [0.25, 0.3) is 0 Å². The molecule has 0 fully saturated rings. The van der Waals surface area contributed by atoms with Gasteiger partial charge in [0.1, 0.15) is 5.76 Å². The minimum absolute atomic E-state index is 0.412. The number of nitrogens with one attached hydrogen (secondary N) is 1. The van der Waals surface area contributed by atoms with Crippen LogP contribution in [-0.2, 0) is 4.74 Å². The van der Waals surface area contributed by atoms with Gasteiger partial charge in [0, 0.05) is 6.42 Å². The minimum atomic E-state index is 0.412. The van der Waals surface area contributed by atoms with Gasteiger partial charge in [-0.05, 0) is 46.1 Å². The van der Waals surface area contributed by atoms with Crippen LogP contribution < -0.4 is 5.32 Å². The predicted octanol–water partition coefficient (Wildman–Crippen LogP) is 1.61. The van der Waals surface area contributed by atoms with Crippen molar-refractivity contribution in [2.45, 2.75) is 32.2 Å². The predicted molar refractivity (Wildman–Crippen MR) is 63.9 cm³/mol. The molecule has 0 bridgehead atoms. The molecule has 1 atom stereocenters. The van der Waals surface area contributed by atoms with Gasteiger partial charge < -0.3 is 15.0 Å². The molecule has 1 aliphatic heterocycles. The van der Waals surface area contributed by atoms with Crippen LogP contribution in [0.1, 0.15) is 26.2 Å². The van der Waals surface area contributed by atoms with Gasteiger partial charge in [-0.15, -0.1) is 0 Å². The van der Waals surface area contributed by atoms with Crippen molar-refractivity contribution in [1.29, 1.82) is 0 Å². The first-order chi connectivity index (χ1) is 7.24. The molecule has 1 rings (SSSR count). The molecule has 0 aromatic rings. The maximum Gasteiger partial charge on any atom is 0.109 e. The highest BCUT2D eigenvalue weighted by atomic mass is 16.5. The summed E-state index contributed by atoms with van der Waals surface area (Å²) < 4.78 is 5.62. The molecule has 0 saturated carbocycles. The molecule has 1 aliphatic rings. The quantitative estimate of drug-likeness (QED) is 0.694. The number of nitrogens with zero attached hydrogens (tertiary/aromatic N) is 1. The van der Waals surface area contributed by atoms with Gasteiger partial charge >= 0.3 is 0 Å². The van der Waals surface area contributed by atoms with Gasteiger partial charge in [-0.2, -0.15) is 0 Å². The first kappa shape index (κ1) is 12.5. The van der Waals surface area contributed by atoms with E-state index in [0.717, 1.165) is 38.3 Å². The van der Waals surface area contributed by atoms with E-state index < -0.39 is 0 Å². The van der Waals surface area contributed by atoms with E-state index in [1.165, 1.54) is 6.42 Å². The molecule has 15 heavy (non-hydrogen) atoms. The molecule has 0 spiro atoms. The summed E-state index contributed by atoms with van der Waals surface area (Å²) in [5, 5.41) is 3.55. The molecule has 1 heterocycles. The number of hydrogen-bond acceptors (Lipinski definition) is 3. The first-order valence-electron chi connectivity index (χ1n) is 5.95. The van der Waals surface area contributed by atoms with Crippen molar-refractivity contribution in [2.75, 3.05) is 33.8 Å². The lowest BCUT2D eigenvalue weighted by Crippen LogP contribution is -2.34. The van der Waals surface area contributed by atoms with Crippen molar-refractivity contribution in [3.63, 3.8) is 0 Å². The van der Waals surface area contributed by atoms with Crippen molar-refractivity contribution >= 4 is 0 Å². The average molecular weight is 212 g/mol. The molecule has 88 valence electrons. The van der Waals surface area contributed by atoms with E-state index in [1.807, 2.05) is 0 Å². The van der Waals surface area contributed by atoms with E-state index in [0.29, 0.717) is 6.04 Å². The van der Waals surface area contributed by atoms with Gasteiger partial charge in [0.05, 0.1) is 12.6 Å². The Morgan fingerprint density at radius 2 is 2.33 bits per heavy atom. The summed E-state index contributed by atoms with van der Waals surface area (Å²) in [5.41, 5.74) is 0. The molecule has 0 amide bonds. The van der Waals surface area contributed by atoms with Crippen molar-refractivity contribution < 1.29 is 4.74 Å². The van der Waals surface area contributed by atoms with E-state index in [1.54, 1.807) is 0 Å². The second kappa shape index (κ2) is 6.85. The van der Waals surface area contributed by atoms with Crippen LogP contribution in [0.4, 0.5) is 0 Å². The maximum absolute atomic E-state index is 5.62. The van der Waals surface area contributed by atoms with Crippen molar-refractivity contribution in [1.82, 2.24) is 10.2 Å². The summed E-state index contributed by atoms with van der Waals surface area (Å²) in [5.74, 6) is 1.16. The van der Waals surface area contributed by atoms with Crippen LogP contribution in [0.2, 0.25) is 0 Å². The molecule has 3 nitrogen and oxygen atoms in total. The Bertz CT molecular complexity index is 202. The van der Waals surface area contributed by atoms with E-state index in [9.17, 15) is 0 Å². The summed E-state index contributed by atoms with van der Waals surface area (Å²) in [4.78, 5) is 2.22. The highest BCUT2D eigenvalue weighted by molar-refractivity contribution is 5.07. The smallest absolute Gasteiger partial charge is 0.109 e. The van der Waals surface area contributed by atoms with Crippen LogP contribution in [-0.4, -0.2) is 44.7 Å². The van der Waals surface area contributed by atoms with Crippen LogP contribution in [0.15, 0.2) is 11.8 Å². The summed E-state index contributed by atoms with van der Waals surface area (Å²) >= 11 is 0. The maximum atomic E-state index is 5.62. The molecule has 3 heteroatoms. The molecule has 0 radical (unpaired) electrons. The molecular formula is C12H24N2O. The molecule has 0 aromatic carbocycles. The van der Waals surface area contributed by atoms with Gasteiger partial charge in [0.2, 0.25) is 0 Å². The largest absolute Gasteiger partial charge is 0.496 e. The fourth-order valence-corrected chi connectivity index (χ4v) is 1.73. The van der Waals surface area contributed by atoms with E-state index in [2.05, 4.69) is 37.3 Å². The van der Waals surface area contributed by atoms with Gasteiger partial charge in [0.25, 0.3) is 0 Å². The second-order valence-electron chi connectivity index (χ2n) is 4.34. The third kappa shape index (κ3) is 4.67. The Hall–Kier alpha value is -0.540. The molecule has 0 saturated heterocycles. The zero-order valence-electron chi connectivity index (χ0n) is 10.3. The molecule has 1 N–H and O–H groups in total. The monoisotopic (exact) mass is 212 g/mol. The Kier molecular flexibility index (Phi) is 5.73. The first-order valence-corrected chi connectivity index (χ1v) is 5.95. The molecular weight excluding hydrogens is 188 g/mol. The van der Waals surface area contributed by atoms with E-state index in [4.69, 9.17) is 4.74 Å². The topological polar surface area (TPSA) is 24.5 Å². The average Bonchev–Trinajstić information content (AvgIpc) is 2.71. The number of ether oxygens (including phenoxy) is 1. The lowest BCUT2D eigenvalue weighted by Gasteiger charge is -2.21. The fourth-order valence-electron chi connectivity index (χ4n) is 1.73. The Labute approximate surface area is 93.5 Å². The van der Waals surface area contributed by atoms with E-state index >= 15 is 0 Å². The zero-order valence-corrected chi connectivity index (χ0v) is 10.3. The molecule has 0 aliphatic carbocycles.